The maximum absolute atomic E-state index is 11.9. The van der Waals surface area contributed by atoms with Crippen molar-refractivity contribution in [2.45, 2.75) is 6.92 Å². The molecule has 2 aromatic rings. The maximum atomic E-state index is 11.9. The second-order valence-corrected chi connectivity index (χ2v) is 5.94. The van der Waals surface area contributed by atoms with Gasteiger partial charge in [0.15, 0.2) is 0 Å². The topological polar surface area (TPSA) is 95.5 Å². The smallest absolute Gasteiger partial charge is 0.345 e. The van der Waals surface area contributed by atoms with E-state index in [9.17, 15) is 14.4 Å². The van der Waals surface area contributed by atoms with Crippen LogP contribution in [0.1, 0.15) is 26.3 Å². The molecule has 0 fully saturated rings. The quantitative estimate of drug-likeness (QED) is 0.809. The first-order valence-corrected chi connectivity index (χ1v) is 7.11. The lowest BCUT2D eigenvalue weighted by molar-refractivity contribution is -0.114. The first kappa shape index (κ1) is 14.2. The second-order valence-electron chi connectivity index (χ2n) is 3.77. The summed E-state index contributed by atoms with van der Waals surface area (Å²) in [6, 6.07) is 6.20. The molecule has 0 spiro atoms. The molecule has 0 atom stereocenters. The van der Waals surface area contributed by atoms with Gasteiger partial charge >= 0.3 is 5.97 Å². The summed E-state index contributed by atoms with van der Waals surface area (Å²) < 4.78 is 0. The fourth-order valence-corrected chi connectivity index (χ4v) is 2.98. The molecule has 6 nitrogen and oxygen atoms in total. The second kappa shape index (κ2) is 5.85. The zero-order valence-electron chi connectivity index (χ0n) is 10.3. The standard InChI is InChI=1S/C12H10N2O4S2/c1-6(15)13-9-4-2-7(19-9)11(16)14-10-5-3-8(20-10)12(17)18/h2-5H,1H3,(H,13,15)(H,14,16)(H,17,18). The zero-order valence-corrected chi connectivity index (χ0v) is 11.9. The molecule has 20 heavy (non-hydrogen) atoms. The Balaban J connectivity index is 2.05. The van der Waals surface area contributed by atoms with Crippen molar-refractivity contribution in [3.05, 3.63) is 34.0 Å². The molecule has 104 valence electrons. The normalized spacial score (nSPS) is 10.1. The summed E-state index contributed by atoms with van der Waals surface area (Å²) >= 11 is 2.13. The van der Waals surface area contributed by atoms with Crippen LogP contribution in [0.15, 0.2) is 24.3 Å². The van der Waals surface area contributed by atoms with Crippen molar-refractivity contribution in [3.8, 4) is 0 Å². The molecule has 2 amide bonds. The summed E-state index contributed by atoms with van der Waals surface area (Å²) in [4.78, 5) is 34.2. The van der Waals surface area contributed by atoms with Gasteiger partial charge in [-0.1, -0.05) is 0 Å². The Morgan fingerprint density at radius 2 is 1.50 bits per heavy atom. The highest BCUT2D eigenvalue weighted by Gasteiger charge is 2.13. The van der Waals surface area contributed by atoms with E-state index < -0.39 is 5.97 Å². The van der Waals surface area contributed by atoms with E-state index in [2.05, 4.69) is 10.6 Å². The summed E-state index contributed by atoms with van der Waals surface area (Å²) in [6.45, 7) is 1.39. The summed E-state index contributed by atoms with van der Waals surface area (Å²) in [5.41, 5.74) is 0. The van der Waals surface area contributed by atoms with E-state index in [1.807, 2.05) is 0 Å². The van der Waals surface area contributed by atoms with Gasteiger partial charge in [-0.3, -0.25) is 9.59 Å². The van der Waals surface area contributed by atoms with E-state index in [-0.39, 0.29) is 16.7 Å². The monoisotopic (exact) mass is 310 g/mol. The van der Waals surface area contributed by atoms with Crippen LogP contribution in [-0.2, 0) is 4.79 Å². The molecule has 2 aromatic heterocycles. The Hall–Kier alpha value is -2.19. The van der Waals surface area contributed by atoms with Crippen molar-refractivity contribution in [2.24, 2.45) is 0 Å². The Kier molecular flexibility index (Phi) is 4.16. The Morgan fingerprint density at radius 3 is 2.05 bits per heavy atom. The average Bonchev–Trinajstić information content (AvgIpc) is 2.97. The third kappa shape index (κ3) is 3.43. The predicted molar refractivity (Wildman–Crippen MR) is 77.9 cm³/mol. The van der Waals surface area contributed by atoms with Gasteiger partial charge in [0.1, 0.15) is 4.88 Å². The van der Waals surface area contributed by atoms with Gasteiger partial charge in [0, 0.05) is 6.92 Å². The van der Waals surface area contributed by atoms with Gasteiger partial charge in [-0.15, -0.1) is 22.7 Å². The largest absolute Gasteiger partial charge is 0.477 e. The summed E-state index contributed by atoms with van der Waals surface area (Å²) in [5, 5.41) is 15.0. The number of rotatable bonds is 4. The van der Waals surface area contributed by atoms with Crippen molar-refractivity contribution in [2.75, 3.05) is 10.6 Å². The van der Waals surface area contributed by atoms with Gasteiger partial charge in [0.2, 0.25) is 5.91 Å². The molecule has 0 saturated carbocycles. The lowest BCUT2D eigenvalue weighted by Crippen LogP contribution is -2.08. The molecule has 0 saturated heterocycles. The van der Waals surface area contributed by atoms with Gasteiger partial charge < -0.3 is 15.7 Å². The van der Waals surface area contributed by atoms with E-state index in [1.54, 1.807) is 12.1 Å². The molecule has 0 aliphatic heterocycles. The summed E-state index contributed by atoms with van der Waals surface area (Å²) in [5.74, 6) is -1.58. The van der Waals surface area contributed by atoms with Crippen LogP contribution in [0, 0.1) is 0 Å². The average molecular weight is 310 g/mol. The number of aromatic carboxylic acids is 1. The Morgan fingerprint density at radius 1 is 0.950 bits per heavy atom. The van der Waals surface area contributed by atoms with Crippen LogP contribution in [0.4, 0.5) is 10.0 Å². The first-order valence-electron chi connectivity index (χ1n) is 5.47. The Labute approximate surface area is 122 Å². The fraction of sp³-hybridized carbons (Fsp3) is 0.0833. The fourth-order valence-electron chi connectivity index (χ4n) is 1.39. The highest BCUT2D eigenvalue weighted by atomic mass is 32.1. The molecule has 0 aromatic carbocycles. The van der Waals surface area contributed by atoms with E-state index in [4.69, 9.17) is 5.11 Å². The van der Waals surface area contributed by atoms with Crippen molar-refractivity contribution in [1.82, 2.24) is 0 Å². The van der Waals surface area contributed by atoms with E-state index in [0.717, 1.165) is 22.7 Å². The number of nitrogens with one attached hydrogen (secondary N) is 2. The third-order valence-electron chi connectivity index (χ3n) is 2.18. The molecule has 2 rings (SSSR count). The number of carbonyl (C=O) groups is 3. The van der Waals surface area contributed by atoms with Crippen LogP contribution < -0.4 is 10.6 Å². The minimum atomic E-state index is -1.03. The van der Waals surface area contributed by atoms with Crippen LogP contribution in [-0.4, -0.2) is 22.9 Å². The molecule has 0 radical (unpaired) electrons. The molecule has 0 unspecified atom stereocenters. The van der Waals surface area contributed by atoms with E-state index in [0.29, 0.717) is 14.9 Å². The molecular weight excluding hydrogens is 300 g/mol. The molecule has 2 heterocycles. The number of amides is 2. The van der Waals surface area contributed by atoms with Gasteiger partial charge in [-0.25, -0.2) is 4.79 Å². The SMILES string of the molecule is CC(=O)Nc1ccc(C(=O)Nc2ccc(C(=O)O)s2)s1. The van der Waals surface area contributed by atoms with Crippen molar-refractivity contribution < 1.29 is 19.5 Å². The highest BCUT2D eigenvalue weighted by Crippen LogP contribution is 2.25. The minimum absolute atomic E-state index is 0.158. The van der Waals surface area contributed by atoms with Crippen LogP contribution in [0.2, 0.25) is 0 Å². The minimum Gasteiger partial charge on any atom is -0.477 e. The number of carbonyl (C=O) groups excluding carboxylic acids is 2. The van der Waals surface area contributed by atoms with Crippen molar-refractivity contribution in [3.63, 3.8) is 0 Å². The number of hydrogen-bond acceptors (Lipinski definition) is 5. The number of carboxylic acid groups (broad SMARTS) is 1. The van der Waals surface area contributed by atoms with Gasteiger partial charge in [-0.2, -0.15) is 0 Å². The molecule has 3 N–H and O–H groups in total. The third-order valence-corrected chi connectivity index (χ3v) is 4.17. The first-order chi connectivity index (χ1) is 9.45. The molecular formula is C12H10N2O4S2. The number of thiophene rings is 2. The van der Waals surface area contributed by atoms with Crippen LogP contribution in [0.25, 0.3) is 0 Å². The van der Waals surface area contributed by atoms with E-state index >= 15 is 0 Å². The molecule has 0 aliphatic rings. The lowest BCUT2D eigenvalue weighted by Gasteiger charge is -1.99. The van der Waals surface area contributed by atoms with Gasteiger partial charge in [0.25, 0.3) is 5.91 Å². The maximum Gasteiger partial charge on any atom is 0.345 e. The number of hydrogen-bond donors (Lipinski definition) is 3. The highest BCUT2D eigenvalue weighted by molar-refractivity contribution is 7.19. The lowest BCUT2D eigenvalue weighted by atomic mass is 10.4. The van der Waals surface area contributed by atoms with Crippen LogP contribution in [0.3, 0.4) is 0 Å². The van der Waals surface area contributed by atoms with Crippen LogP contribution in [0.5, 0.6) is 0 Å². The van der Waals surface area contributed by atoms with Gasteiger partial charge in [0.05, 0.1) is 14.9 Å². The molecule has 0 aliphatic carbocycles. The van der Waals surface area contributed by atoms with Crippen molar-refractivity contribution >= 4 is 50.5 Å². The summed E-state index contributed by atoms with van der Waals surface area (Å²) in [6.07, 6.45) is 0. The van der Waals surface area contributed by atoms with Gasteiger partial charge in [-0.05, 0) is 24.3 Å². The molecule has 0 bridgehead atoms. The summed E-state index contributed by atoms with van der Waals surface area (Å²) in [7, 11) is 0. The Bertz CT molecular complexity index is 675. The van der Waals surface area contributed by atoms with E-state index in [1.165, 1.54) is 19.1 Å². The number of carboxylic acids is 1. The van der Waals surface area contributed by atoms with Crippen LogP contribution >= 0.6 is 22.7 Å². The number of anilines is 2. The predicted octanol–water partition coefficient (Wildman–Crippen LogP) is 2.72. The molecule has 8 heteroatoms. The van der Waals surface area contributed by atoms with Crippen molar-refractivity contribution in [1.29, 1.82) is 0 Å². The zero-order chi connectivity index (χ0) is 14.7.